The molecule has 0 spiro atoms. The average Bonchev–Trinajstić information content (AvgIpc) is 2.66. The van der Waals surface area contributed by atoms with Gasteiger partial charge < -0.3 is 14.5 Å². The molecule has 0 aliphatic heterocycles. The third-order valence-electron chi connectivity index (χ3n) is 1.70. The quantitative estimate of drug-likeness (QED) is 0.755. The lowest BCUT2D eigenvalue weighted by Gasteiger charge is -2.13. The fourth-order valence-electron chi connectivity index (χ4n) is 1.13. The monoisotopic (exact) mass is 211 g/mol. The number of nitrogens with one attached hydrogen (secondary N) is 1. The molecular weight excluding hydrogens is 198 g/mol. The second kappa shape index (κ2) is 5.19. The smallest absolute Gasteiger partial charge is 0.336 e. The lowest BCUT2D eigenvalue weighted by molar-refractivity contribution is -0.148. The molecule has 1 aromatic heterocycles. The Morgan fingerprint density at radius 1 is 1.60 bits per heavy atom. The first kappa shape index (κ1) is 11.3. The number of amides is 1. The Morgan fingerprint density at radius 2 is 2.33 bits per heavy atom. The Labute approximate surface area is 87.4 Å². The average molecular weight is 211 g/mol. The van der Waals surface area contributed by atoms with Gasteiger partial charge in [-0.15, -0.1) is 0 Å². The van der Waals surface area contributed by atoms with Gasteiger partial charge in [0.25, 0.3) is 0 Å². The van der Waals surface area contributed by atoms with Crippen molar-refractivity contribution in [1.82, 2.24) is 5.32 Å². The van der Waals surface area contributed by atoms with E-state index in [0.29, 0.717) is 5.76 Å². The second-order valence-corrected chi connectivity index (χ2v) is 2.90. The minimum atomic E-state index is -0.863. The molecule has 0 saturated heterocycles. The molecule has 5 nitrogen and oxygen atoms in total. The molecule has 5 heteroatoms. The summed E-state index contributed by atoms with van der Waals surface area (Å²) < 4.78 is 9.86. The van der Waals surface area contributed by atoms with E-state index in [4.69, 9.17) is 9.15 Å². The minimum Gasteiger partial charge on any atom is -0.467 e. The third kappa shape index (κ3) is 3.12. The highest BCUT2D eigenvalue weighted by molar-refractivity contribution is 5.83. The molecule has 1 aromatic rings. The van der Waals surface area contributed by atoms with Gasteiger partial charge in [-0.2, -0.15) is 0 Å². The molecule has 0 bridgehead atoms. The first-order chi connectivity index (χ1) is 7.15. The summed E-state index contributed by atoms with van der Waals surface area (Å²) in [6.45, 7) is 3.29. The largest absolute Gasteiger partial charge is 0.467 e. The lowest BCUT2D eigenvalue weighted by atomic mass is 10.2. The van der Waals surface area contributed by atoms with E-state index < -0.39 is 12.0 Å². The number of hydrogen-bond acceptors (Lipinski definition) is 4. The van der Waals surface area contributed by atoms with Gasteiger partial charge in [-0.05, 0) is 19.1 Å². The van der Waals surface area contributed by atoms with E-state index >= 15 is 0 Å². The van der Waals surface area contributed by atoms with Crippen molar-refractivity contribution in [2.45, 2.75) is 19.9 Å². The van der Waals surface area contributed by atoms with Gasteiger partial charge in [-0.1, -0.05) is 0 Å². The summed E-state index contributed by atoms with van der Waals surface area (Å²) in [6, 6.07) is 2.39. The van der Waals surface area contributed by atoms with E-state index in [-0.39, 0.29) is 12.5 Å². The van der Waals surface area contributed by atoms with Gasteiger partial charge in [0.15, 0.2) is 6.04 Å². The number of carbonyl (C=O) groups excluding carboxylic acids is 2. The predicted octanol–water partition coefficient (Wildman–Crippen LogP) is 1.02. The van der Waals surface area contributed by atoms with Crippen molar-refractivity contribution in [2.24, 2.45) is 0 Å². The molecule has 1 rings (SSSR count). The summed E-state index contributed by atoms with van der Waals surface area (Å²) in [5, 5.41) is 2.46. The van der Waals surface area contributed by atoms with Crippen LogP contribution in [0.4, 0.5) is 0 Å². The number of hydrogen-bond donors (Lipinski definition) is 1. The van der Waals surface area contributed by atoms with Crippen molar-refractivity contribution in [3.63, 3.8) is 0 Å². The summed E-state index contributed by atoms with van der Waals surface area (Å²) in [5.74, 6) is -0.476. The molecular formula is C10H13NO4. The Bertz CT molecular complexity index is 331. The van der Waals surface area contributed by atoms with Crippen LogP contribution in [0.1, 0.15) is 25.6 Å². The maximum Gasteiger partial charge on any atom is 0.336 e. The first-order valence-electron chi connectivity index (χ1n) is 4.62. The van der Waals surface area contributed by atoms with Gasteiger partial charge in [0.2, 0.25) is 5.91 Å². The van der Waals surface area contributed by atoms with Crippen molar-refractivity contribution in [3.05, 3.63) is 24.2 Å². The summed E-state index contributed by atoms with van der Waals surface area (Å²) in [4.78, 5) is 22.4. The van der Waals surface area contributed by atoms with Gasteiger partial charge in [-0.3, -0.25) is 4.79 Å². The predicted molar refractivity (Wildman–Crippen MR) is 51.9 cm³/mol. The minimum absolute atomic E-state index is 0.260. The number of furan rings is 1. The van der Waals surface area contributed by atoms with Crippen molar-refractivity contribution < 1.29 is 18.7 Å². The maximum absolute atomic E-state index is 11.5. The lowest BCUT2D eigenvalue weighted by Crippen LogP contribution is -2.33. The summed E-state index contributed by atoms with van der Waals surface area (Å²) in [5.41, 5.74) is 0. The van der Waals surface area contributed by atoms with E-state index in [1.54, 1.807) is 19.1 Å². The fourth-order valence-corrected chi connectivity index (χ4v) is 1.13. The molecule has 0 aliphatic rings. The molecule has 15 heavy (non-hydrogen) atoms. The molecule has 0 radical (unpaired) electrons. The van der Waals surface area contributed by atoms with E-state index in [9.17, 15) is 9.59 Å². The molecule has 82 valence electrons. The number of ether oxygens (including phenoxy) is 1. The first-order valence-corrected chi connectivity index (χ1v) is 4.62. The zero-order valence-corrected chi connectivity index (χ0v) is 8.65. The highest BCUT2D eigenvalue weighted by Crippen LogP contribution is 2.14. The molecule has 0 aromatic carbocycles. The number of carbonyl (C=O) groups is 2. The van der Waals surface area contributed by atoms with Crippen molar-refractivity contribution in [3.8, 4) is 0 Å². The molecule has 0 aliphatic carbocycles. The van der Waals surface area contributed by atoms with Crippen molar-refractivity contribution >= 4 is 11.9 Å². The highest BCUT2D eigenvalue weighted by atomic mass is 16.5. The highest BCUT2D eigenvalue weighted by Gasteiger charge is 2.25. The van der Waals surface area contributed by atoms with Crippen LogP contribution >= 0.6 is 0 Å². The molecule has 1 heterocycles. The van der Waals surface area contributed by atoms with Crippen LogP contribution in [-0.4, -0.2) is 18.5 Å². The summed E-state index contributed by atoms with van der Waals surface area (Å²) >= 11 is 0. The fraction of sp³-hybridized carbons (Fsp3) is 0.400. The van der Waals surface area contributed by atoms with E-state index in [2.05, 4.69) is 5.32 Å². The maximum atomic E-state index is 11.5. The van der Waals surface area contributed by atoms with Gasteiger partial charge in [-0.25, -0.2) is 4.79 Å². The Hall–Kier alpha value is -1.78. The SMILES string of the molecule is CCOC(=O)C(NC(C)=O)c1ccco1. The van der Waals surface area contributed by atoms with Crippen LogP contribution in [-0.2, 0) is 14.3 Å². The van der Waals surface area contributed by atoms with E-state index in [1.807, 2.05) is 0 Å². The summed E-state index contributed by atoms with van der Waals surface area (Å²) in [6.07, 6.45) is 1.43. The Balaban J connectivity index is 2.78. The van der Waals surface area contributed by atoms with Crippen molar-refractivity contribution in [2.75, 3.05) is 6.61 Å². The topological polar surface area (TPSA) is 68.5 Å². The van der Waals surface area contributed by atoms with Crippen LogP contribution in [0.3, 0.4) is 0 Å². The molecule has 1 amide bonds. The standard InChI is InChI=1S/C10H13NO4/c1-3-14-10(13)9(11-7(2)12)8-5-4-6-15-8/h4-6,9H,3H2,1-2H3,(H,11,12). The van der Waals surface area contributed by atoms with Gasteiger partial charge in [0.1, 0.15) is 5.76 Å². The second-order valence-electron chi connectivity index (χ2n) is 2.90. The van der Waals surface area contributed by atoms with Crippen LogP contribution in [0.25, 0.3) is 0 Å². The van der Waals surface area contributed by atoms with E-state index in [0.717, 1.165) is 0 Å². The molecule has 1 atom stereocenters. The zero-order valence-electron chi connectivity index (χ0n) is 8.65. The Kier molecular flexibility index (Phi) is 3.91. The number of esters is 1. The molecule has 1 N–H and O–H groups in total. The van der Waals surface area contributed by atoms with Crippen molar-refractivity contribution in [1.29, 1.82) is 0 Å². The molecule has 0 saturated carbocycles. The van der Waals surface area contributed by atoms with E-state index in [1.165, 1.54) is 13.2 Å². The summed E-state index contributed by atoms with van der Waals surface area (Å²) in [7, 11) is 0. The Morgan fingerprint density at radius 3 is 2.80 bits per heavy atom. The van der Waals surface area contributed by atoms with Gasteiger partial charge in [0, 0.05) is 6.92 Å². The third-order valence-corrected chi connectivity index (χ3v) is 1.70. The van der Waals surface area contributed by atoms with Crippen LogP contribution in [0.15, 0.2) is 22.8 Å². The van der Waals surface area contributed by atoms with Gasteiger partial charge in [0.05, 0.1) is 12.9 Å². The zero-order chi connectivity index (χ0) is 11.3. The van der Waals surface area contributed by atoms with Crippen LogP contribution in [0.2, 0.25) is 0 Å². The normalized spacial score (nSPS) is 11.9. The van der Waals surface area contributed by atoms with Crippen LogP contribution in [0.5, 0.6) is 0 Å². The number of rotatable bonds is 4. The molecule has 0 fully saturated rings. The van der Waals surface area contributed by atoms with Crippen LogP contribution in [0, 0.1) is 0 Å². The molecule has 1 unspecified atom stereocenters. The van der Waals surface area contributed by atoms with Gasteiger partial charge >= 0.3 is 5.97 Å². The van der Waals surface area contributed by atoms with Crippen LogP contribution < -0.4 is 5.32 Å².